The van der Waals surface area contributed by atoms with Crippen LogP contribution in [0.5, 0.6) is 0 Å². The molecule has 0 fully saturated rings. The highest BCUT2D eigenvalue weighted by atomic mass is 32.1. The largest absolute Gasteiger partial charge is 0.365 e. The standard InChI is InChI=1S/C15H14N4OS/c1-3-6-10-13(14(16)20)21-15(17-10)12-9(2)18-19-8-5-4-7-11(12)19/h3-8H,1-2H3,(H2,16,20)/b6-3+. The first-order valence-corrected chi connectivity index (χ1v) is 7.31. The summed E-state index contributed by atoms with van der Waals surface area (Å²) >= 11 is 1.30. The van der Waals surface area contributed by atoms with Crippen molar-refractivity contribution in [3.63, 3.8) is 0 Å². The van der Waals surface area contributed by atoms with Gasteiger partial charge in [0.2, 0.25) is 0 Å². The summed E-state index contributed by atoms with van der Waals surface area (Å²) in [5.41, 5.74) is 8.83. The monoisotopic (exact) mass is 298 g/mol. The summed E-state index contributed by atoms with van der Waals surface area (Å²) in [6, 6.07) is 5.86. The fraction of sp³-hybridized carbons (Fsp3) is 0.133. The van der Waals surface area contributed by atoms with Crippen LogP contribution in [-0.4, -0.2) is 20.5 Å². The van der Waals surface area contributed by atoms with Crippen LogP contribution in [0.3, 0.4) is 0 Å². The van der Waals surface area contributed by atoms with Crippen molar-refractivity contribution in [2.75, 3.05) is 0 Å². The lowest BCUT2D eigenvalue weighted by molar-refractivity contribution is 0.100. The number of allylic oxidation sites excluding steroid dienone is 1. The number of nitrogens with zero attached hydrogens (tertiary/aromatic N) is 3. The van der Waals surface area contributed by atoms with Crippen LogP contribution in [0.2, 0.25) is 0 Å². The van der Waals surface area contributed by atoms with Gasteiger partial charge in [0.25, 0.3) is 5.91 Å². The molecule has 0 saturated carbocycles. The summed E-state index contributed by atoms with van der Waals surface area (Å²) in [6.45, 7) is 3.81. The number of primary amides is 1. The van der Waals surface area contributed by atoms with Crippen LogP contribution in [0.1, 0.15) is 28.0 Å². The highest BCUT2D eigenvalue weighted by molar-refractivity contribution is 7.17. The summed E-state index contributed by atoms with van der Waals surface area (Å²) in [5, 5.41) is 5.23. The minimum absolute atomic E-state index is 0.457. The number of fused-ring (bicyclic) bond motifs is 1. The van der Waals surface area contributed by atoms with Crippen molar-refractivity contribution in [3.05, 3.63) is 46.7 Å². The van der Waals surface area contributed by atoms with Gasteiger partial charge in [-0.05, 0) is 32.1 Å². The van der Waals surface area contributed by atoms with Crippen molar-refractivity contribution in [1.82, 2.24) is 14.6 Å². The lowest BCUT2D eigenvalue weighted by atomic mass is 10.2. The molecule has 0 aliphatic rings. The van der Waals surface area contributed by atoms with Gasteiger partial charge in [-0.3, -0.25) is 4.79 Å². The minimum Gasteiger partial charge on any atom is -0.365 e. The lowest BCUT2D eigenvalue weighted by Gasteiger charge is -1.94. The first-order chi connectivity index (χ1) is 10.1. The maximum atomic E-state index is 11.6. The zero-order valence-corrected chi connectivity index (χ0v) is 12.5. The molecule has 3 rings (SSSR count). The van der Waals surface area contributed by atoms with E-state index in [4.69, 9.17) is 5.73 Å². The Balaban J connectivity index is 2.26. The topological polar surface area (TPSA) is 73.3 Å². The van der Waals surface area contributed by atoms with E-state index in [1.165, 1.54) is 11.3 Å². The number of rotatable bonds is 3. The highest BCUT2D eigenvalue weighted by Crippen LogP contribution is 2.33. The number of aryl methyl sites for hydroxylation is 1. The number of thiazole rings is 1. The quantitative estimate of drug-likeness (QED) is 0.808. The summed E-state index contributed by atoms with van der Waals surface area (Å²) < 4.78 is 1.81. The van der Waals surface area contributed by atoms with Gasteiger partial charge in [-0.25, -0.2) is 9.50 Å². The first kappa shape index (κ1) is 13.5. The second kappa shape index (κ2) is 5.14. The summed E-state index contributed by atoms with van der Waals surface area (Å²) in [7, 11) is 0. The number of aromatic nitrogens is 3. The van der Waals surface area contributed by atoms with Gasteiger partial charge < -0.3 is 5.73 Å². The third kappa shape index (κ3) is 2.23. The molecule has 3 aromatic rings. The predicted octanol–water partition coefficient (Wildman–Crippen LogP) is 2.90. The zero-order chi connectivity index (χ0) is 15.0. The van der Waals surface area contributed by atoms with E-state index < -0.39 is 5.91 Å². The van der Waals surface area contributed by atoms with E-state index in [1.54, 1.807) is 6.08 Å². The fourth-order valence-corrected chi connectivity index (χ4v) is 3.28. The summed E-state index contributed by atoms with van der Waals surface area (Å²) in [6.07, 6.45) is 5.52. The summed E-state index contributed by atoms with van der Waals surface area (Å²) in [4.78, 5) is 16.6. The SMILES string of the molecule is C/C=C/c1nc(-c2c(C)nn3ccccc23)sc1C(N)=O. The molecule has 0 aromatic carbocycles. The second-order valence-electron chi connectivity index (χ2n) is 4.59. The van der Waals surface area contributed by atoms with Crippen LogP contribution in [0.15, 0.2) is 30.5 Å². The molecule has 5 nitrogen and oxygen atoms in total. The zero-order valence-electron chi connectivity index (χ0n) is 11.7. The van der Waals surface area contributed by atoms with Crippen molar-refractivity contribution in [1.29, 1.82) is 0 Å². The predicted molar refractivity (Wildman–Crippen MR) is 84.3 cm³/mol. The van der Waals surface area contributed by atoms with Crippen LogP contribution in [0, 0.1) is 6.92 Å². The van der Waals surface area contributed by atoms with Gasteiger partial charge in [0.05, 0.1) is 22.5 Å². The molecule has 0 aliphatic carbocycles. The number of carbonyl (C=O) groups is 1. The molecule has 3 aromatic heterocycles. The Labute approximate surface area is 125 Å². The molecular formula is C15H14N4OS. The molecule has 0 radical (unpaired) electrons. The van der Waals surface area contributed by atoms with Crippen LogP contribution in [-0.2, 0) is 0 Å². The Morgan fingerprint density at radius 1 is 1.43 bits per heavy atom. The van der Waals surface area contributed by atoms with Crippen molar-refractivity contribution >= 4 is 28.8 Å². The van der Waals surface area contributed by atoms with Gasteiger partial charge in [0, 0.05) is 6.20 Å². The average molecular weight is 298 g/mol. The molecule has 0 spiro atoms. The van der Waals surface area contributed by atoms with Gasteiger partial charge in [-0.1, -0.05) is 12.1 Å². The Morgan fingerprint density at radius 3 is 2.95 bits per heavy atom. The van der Waals surface area contributed by atoms with Crippen molar-refractivity contribution in [3.8, 4) is 10.6 Å². The van der Waals surface area contributed by atoms with E-state index in [0.717, 1.165) is 21.8 Å². The molecular weight excluding hydrogens is 284 g/mol. The molecule has 0 unspecified atom stereocenters. The van der Waals surface area contributed by atoms with Crippen molar-refractivity contribution in [2.45, 2.75) is 13.8 Å². The van der Waals surface area contributed by atoms with Crippen LogP contribution >= 0.6 is 11.3 Å². The van der Waals surface area contributed by atoms with Gasteiger partial charge >= 0.3 is 0 Å². The Bertz CT molecular complexity index is 860. The minimum atomic E-state index is -0.457. The number of hydrogen-bond donors (Lipinski definition) is 1. The molecule has 3 heterocycles. The number of amides is 1. The van der Waals surface area contributed by atoms with Crippen molar-refractivity contribution < 1.29 is 4.79 Å². The maximum absolute atomic E-state index is 11.6. The number of nitrogens with two attached hydrogens (primary N) is 1. The van der Waals surface area contributed by atoms with Gasteiger partial charge in [0.15, 0.2) is 0 Å². The first-order valence-electron chi connectivity index (χ1n) is 6.49. The Kier molecular flexibility index (Phi) is 3.31. The normalized spacial score (nSPS) is 11.5. The Hall–Kier alpha value is -2.47. The highest BCUT2D eigenvalue weighted by Gasteiger charge is 2.19. The molecule has 1 amide bonds. The lowest BCUT2D eigenvalue weighted by Crippen LogP contribution is -2.10. The van der Waals surface area contributed by atoms with Gasteiger partial charge in [-0.2, -0.15) is 5.10 Å². The Morgan fingerprint density at radius 2 is 2.24 bits per heavy atom. The average Bonchev–Trinajstić information content (AvgIpc) is 2.99. The number of pyridine rings is 1. The number of carbonyl (C=O) groups excluding carboxylic acids is 1. The summed E-state index contributed by atoms with van der Waals surface area (Å²) in [5.74, 6) is -0.457. The van der Waals surface area contributed by atoms with Crippen LogP contribution in [0.25, 0.3) is 22.2 Å². The molecule has 0 saturated heterocycles. The third-order valence-electron chi connectivity index (χ3n) is 3.13. The molecule has 21 heavy (non-hydrogen) atoms. The molecule has 6 heteroatoms. The van der Waals surface area contributed by atoms with Gasteiger partial charge in [-0.15, -0.1) is 11.3 Å². The molecule has 0 atom stereocenters. The maximum Gasteiger partial charge on any atom is 0.261 e. The van der Waals surface area contributed by atoms with E-state index in [-0.39, 0.29) is 0 Å². The molecule has 0 bridgehead atoms. The third-order valence-corrected chi connectivity index (χ3v) is 4.23. The van der Waals surface area contributed by atoms with E-state index >= 15 is 0 Å². The molecule has 2 N–H and O–H groups in total. The fourth-order valence-electron chi connectivity index (χ4n) is 2.27. The number of hydrogen-bond acceptors (Lipinski definition) is 4. The van der Waals surface area contributed by atoms with E-state index in [1.807, 2.05) is 48.8 Å². The second-order valence-corrected chi connectivity index (χ2v) is 5.59. The van der Waals surface area contributed by atoms with Crippen LogP contribution in [0.4, 0.5) is 0 Å². The molecule has 0 aliphatic heterocycles. The van der Waals surface area contributed by atoms with E-state index in [9.17, 15) is 4.79 Å². The van der Waals surface area contributed by atoms with Crippen LogP contribution < -0.4 is 5.73 Å². The van der Waals surface area contributed by atoms with E-state index in [2.05, 4.69) is 10.1 Å². The smallest absolute Gasteiger partial charge is 0.261 e. The van der Waals surface area contributed by atoms with Crippen molar-refractivity contribution in [2.24, 2.45) is 5.73 Å². The van der Waals surface area contributed by atoms with E-state index in [0.29, 0.717) is 10.6 Å². The molecule has 106 valence electrons. The van der Waals surface area contributed by atoms with Gasteiger partial charge in [0.1, 0.15) is 9.88 Å².